The summed E-state index contributed by atoms with van der Waals surface area (Å²) in [7, 11) is 0. The zero-order valence-electron chi connectivity index (χ0n) is 16.2. The molecule has 1 saturated heterocycles. The molecule has 0 radical (unpaired) electrons. The molecular weight excluding hydrogens is 400 g/mol. The van der Waals surface area contributed by atoms with Gasteiger partial charge in [-0.2, -0.15) is 4.98 Å². The number of hydrogen-bond acceptors (Lipinski definition) is 8. The molecule has 8 nitrogen and oxygen atoms in total. The van der Waals surface area contributed by atoms with Crippen molar-refractivity contribution in [2.24, 2.45) is 0 Å². The molecule has 0 spiro atoms. The fourth-order valence-electron chi connectivity index (χ4n) is 3.27. The second kappa shape index (κ2) is 8.68. The molecule has 0 bridgehead atoms. The Labute approximate surface area is 177 Å². The van der Waals surface area contributed by atoms with Crippen LogP contribution in [-0.2, 0) is 10.5 Å². The summed E-state index contributed by atoms with van der Waals surface area (Å²) in [4.78, 5) is 6.71. The lowest BCUT2D eigenvalue weighted by Crippen LogP contribution is -2.37. The molecule has 0 amide bonds. The highest BCUT2D eigenvalue weighted by Gasteiger charge is 2.22. The van der Waals surface area contributed by atoms with Crippen LogP contribution < -0.4 is 4.90 Å². The first-order valence-electron chi connectivity index (χ1n) is 9.73. The van der Waals surface area contributed by atoms with E-state index in [1.165, 1.54) is 11.8 Å². The van der Waals surface area contributed by atoms with Crippen molar-refractivity contribution in [2.45, 2.75) is 10.9 Å². The van der Waals surface area contributed by atoms with Crippen molar-refractivity contribution in [1.82, 2.24) is 24.9 Å². The molecule has 0 N–H and O–H groups in total. The normalized spacial score (nSPS) is 14.2. The topological polar surface area (TPSA) is 82.1 Å². The van der Waals surface area contributed by atoms with Crippen LogP contribution in [0.3, 0.4) is 0 Å². The van der Waals surface area contributed by atoms with Gasteiger partial charge in [0.1, 0.15) is 0 Å². The number of para-hydroxylation sites is 1. The van der Waals surface area contributed by atoms with Crippen LogP contribution in [0.5, 0.6) is 0 Å². The third-order valence-corrected chi connectivity index (χ3v) is 5.66. The highest BCUT2D eigenvalue weighted by molar-refractivity contribution is 7.98. The van der Waals surface area contributed by atoms with E-state index in [1.54, 1.807) is 0 Å². The van der Waals surface area contributed by atoms with E-state index in [1.807, 2.05) is 48.5 Å². The van der Waals surface area contributed by atoms with E-state index in [0.29, 0.717) is 30.7 Å². The summed E-state index contributed by atoms with van der Waals surface area (Å²) in [5.74, 6) is 2.47. The predicted molar refractivity (Wildman–Crippen MR) is 114 cm³/mol. The van der Waals surface area contributed by atoms with Gasteiger partial charge in [0.25, 0.3) is 0 Å². The average Bonchev–Trinajstić information content (AvgIpc) is 3.47. The van der Waals surface area contributed by atoms with Crippen LogP contribution in [0.25, 0.3) is 17.1 Å². The molecule has 0 atom stereocenters. The first-order valence-corrected chi connectivity index (χ1v) is 10.7. The second-order valence-corrected chi connectivity index (χ2v) is 7.66. The number of benzene rings is 2. The second-order valence-electron chi connectivity index (χ2n) is 6.72. The van der Waals surface area contributed by atoms with Gasteiger partial charge in [-0.15, -0.1) is 10.2 Å². The van der Waals surface area contributed by atoms with Crippen LogP contribution in [-0.4, -0.2) is 51.2 Å². The van der Waals surface area contributed by atoms with Gasteiger partial charge in [-0.25, -0.2) is 0 Å². The Morgan fingerprint density at radius 2 is 1.63 bits per heavy atom. The Kier molecular flexibility index (Phi) is 5.45. The fourth-order valence-corrected chi connectivity index (χ4v) is 4.06. The monoisotopic (exact) mass is 420 g/mol. The summed E-state index contributed by atoms with van der Waals surface area (Å²) in [5, 5.41) is 13.8. The molecule has 5 rings (SSSR count). The first-order chi connectivity index (χ1) is 14.9. The first kappa shape index (κ1) is 18.8. The average molecular weight is 420 g/mol. The lowest BCUT2D eigenvalue weighted by molar-refractivity contribution is 0.122. The molecule has 2 aromatic heterocycles. The lowest BCUT2D eigenvalue weighted by Gasteiger charge is -2.27. The van der Waals surface area contributed by atoms with E-state index in [9.17, 15) is 0 Å². The number of rotatable bonds is 6. The van der Waals surface area contributed by atoms with Gasteiger partial charge in [0.15, 0.2) is 5.16 Å². The van der Waals surface area contributed by atoms with Crippen molar-refractivity contribution in [3.05, 3.63) is 66.6 Å². The summed E-state index contributed by atoms with van der Waals surface area (Å²) in [6.45, 7) is 2.96. The zero-order valence-corrected chi connectivity index (χ0v) is 17.0. The summed E-state index contributed by atoms with van der Waals surface area (Å²) in [5.41, 5.74) is 1.95. The molecule has 1 aliphatic rings. The van der Waals surface area contributed by atoms with E-state index >= 15 is 0 Å². The number of hydrogen-bond donors (Lipinski definition) is 0. The Morgan fingerprint density at radius 1 is 0.900 bits per heavy atom. The fraction of sp³-hybridized carbons (Fsp3) is 0.238. The van der Waals surface area contributed by atoms with Gasteiger partial charge < -0.3 is 14.2 Å². The summed E-state index contributed by atoms with van der Waals surface area (Å²) in [6, 6.07) is 19.9. The largest absolute Gasteiger partial charge is 0.378 e. The van der Waals surface area contributed by atoms with Crippen LogP contribution in [0.15, 0.2) is 70.3 Å². The number of ether oxygens (including phenoxy) is 1. The minimum absolute atomic E-state index is 0.508. The van der Waals surface area contributed by atoms with Crippen molar-refractivity contribution in [2.75, 3.05) is 31.2 Å². The lowest BCUT2D eigenvalue weighted by atomic mass is 10.2. The predicted octanol–water partition coefficient (Wildman–Crippen LogP) is 3.45. The van der Waals surface area contributed by atoms with Crippen molar-refractivity contribution in [1.29, 1.82) is 0 Å². The molecular formula is C21H20N6O2S. The van der Waals surface area contributed by atoms with Gasteiger partial charge in [0, 0.05) is 18.7 Å². The minimum atomic E-state index is 0.508. The zero-order chi connectivity index (χ0) is 20.2. The highest BCUT2D eigenvalue weighted by Crippen LogP contribution is 2.29. The van der Waals surface area contributed by atoms with Crippen LogP contribution in [0.2, 0.25) is 0 Å². The van der Waals surface area contributed by atoms with E-state index in [2.05, 4.69) is 41.9 Å². The van der Waals surface area contributed by atoms with E-state index in [-0.39, 0.29) is 0 Å². The van der Waals surface area contributed by atoms with Crippen molar-refractivity contribution in [3.8, 4) is 17.1 Å². The number of nitrogens with zero attached hydrogens (tertiary/aromatic N) is 6. The van der Waals surface area contributed by atoms with Crippen LogP contribution in [0.1, 0.15) is 5.89 Å². The van der Waals surface area contributed by atoms with Crippen LogP contribution >= 0.6 is 11.8 Å². The molecule has 3 heterocycles. The molecule has 9 heteroatoms. The third kappa shape index (κ3) is 3.94. The summed E-state index contributed by atoms with van der Waals surface area (Å²) < 4.78 is 13.0. The molecule has 1 aliphatic heterocycles. The van der Waals surface area contributed by atoms with E-state index in [4.69, 9.17) is 9.26 Å². The Morgan fingerprint density at radius 3 is 2.40 bits per heavy atom. The van der Waals surface area contributed by atoms with Gasteiger partial charge in [0.2, 0.25) is 17.7 Å². The number of thioether (sulfide) groups is 1. The molecule has 152 valence electrons. The van der Waals surface area contributed by atoms with E-state index in [0.717, 1.165) is 35.4 Å². The van der Waals surface area contributed by atoms with Crippen molar-refractivity contribution >= 4 is 17.7 Å². The quantitative estimate of drug-likeness (QED) is 0.439. The minimum Gasteiger partial charge on any atom is -0.378 e. The van der Waals surface area contributed by atoms with Gasteiger partial charge in [-0.05, 0) is 12.1 Å². The number of aromatic nitrogens is 5. The van der Waals surface area contributed by atoms with Crippen LogP contribution in [0.4, 0.5) is 5.95 Å². The van der Waals surface area contributed by atoms with Gasteiger partial charge in [0.05, 0.1) is 24.7 Å². The maximum Gasteiger partial charge on any atom is 0.237 e. The van der Waals surface area contributed by atoms with Gasteiger partial charge in [-0.1, -0.05) is 65.4 Å². The Hall–Kier alpha value is -3.17. The number of anilines is 1. The Bertz CT molecular complexity index is 1090. The molecule has 4 aromatic rings. The molecule has 0 saturated carbocycles. The summed E-state index contributed by atoms with van der Waals surface area (Å²) in [6.07, 6.45) is 0. The van der Waals surface area contributed by atoms with Crippen molar-refractivity contribution in [3.63, 3.8) is 0 Å². The van der Waals surface area contributed by atoms with E-state index < -0.39 is 0 Å². The summed E-state index contributed by atoms with van der Waals surface area (Å²) >= 11 is 1.52. The highest BCUT2D eigenvalue weighted by atomic mass is 32.2. The molecule has 2 aromatic carbocycles. The SMILES string of the molecule is c1ccc(-c2noc(CSc3nnc(N4CCOCC4)n3-c3ccccc3)n2)cc1. The molecule has 1 fully saturated rings. The maximum atomic E-state index is 5.49. The van der Waals surface area contributed by atoms with Gasteiger partial charge in [-0.3, -0.25) is 4.57 Å². The standard InChI is InChI=1S/C21H20N6O2S/c1-3-7-16(8-4-1)19-22-18(29-25-19)15-30-21-24-23-20(26-11-13-28-14-12-26)27(21)17-9-5-2-6-10-17/h1-10H,11-15H2. The smallest absolute Gasteiger partial charge is 0.237 e. The third-order valence-electron chi connectivity index (χ3n) is 4.75. The molecule has 30 heavy (non-hydrogen) atoms. The van der Waals surface area contributed by atoms with Gasteiger partial charge >= 0.3 is 0 Å². The maximum absolute atomic E-state index is 5.49. The Balaban J connectivity index is 1.39. The van der Waals surface area contributed by atoms with Crippen molar-refractivity contribution < 1.29 is 9.26 Å². The molecule has 0 unspecified atom stereocenters. The number of morpholine rings is 1. The molecule has 0 aliphatic carbocycles. The van der Waals surface area contributed by atoms with Crippen LogP contribution in [0, 0.1) is 0 Å².